The van der Waals surface area contributed by atoms with Crippen molar-refractivity contribution in [2.45, 2.75) is 120 Å². The molecule has 12 aromatic rings. The average molecular weight is 2070 g/mol. The first kappa shape index (κ1) is 115. The first-order chi connectivity index (χ1) is 63.9. The molecule has 0 bridgehead atoms. The van der Waals surface area contributed by atoms with E-state index in [9.17, 15) is 98.7 Å². The molecule has 11 heterocycles. The van der Waals surface area contributed by atoms with E-state index in [4.69, 9.17) is 54.9 Å². The van der Waals surface area contributed by atoms with Crippen molar-refractivity contribution in [2.75, 3.05) is 67.9 Å². The van der Waals surface area contributed by atoms with Gasteiger partial charge in [-0.1, -0.05) is 125 Å². The summed E-state index contributed by atoms with van der Waals surface area (Å²) in [5.41, 5.74) is -4.75. The predicted octanol–water partition coefficient (Wildman–Crippen LogP) is 11.0. The molecule has 0 aliphatic heterocycles. The molecule has 0 spiro atoms. The standard InChI is InChI=1S/C20H17ClF3N5O3.C20H19ClF2N6O5S.C20H19ClF2N6O4S.C20H19ClF2N6O3S.4CH4/c21-16-10-26-18(27-12-20(23,24)13-5-2-1-3-6-13)19(31)28(16)11-17(30)25-9-15-14(22)7-4-8-29(15)32;1-33-34-35-14-5-4-8-29(32)13(14)9-25-17(30)11-28-16(21)10-26-18(19(28)31)27-12-20(22,23)15-6-2-3-7-24-15;1-33-34-14-5-4-8-29(32)13(14)9-25-17(30)11-28-16(21)10-26-18(19(28)31)27-12-20(22,23)15-6-2-3-7-24-15;1-33-14-5-4-8-29(32)13(14)9-25-17(30)11-28-16(21)10-26-18(19(28)31)27-12-20(22,23)15-6-2-3-7-24-15;;;;/h1-8,10H,9,11-12H2,(H,25,30)(H,26,27);2-8,10H,9,11-12H2,1H3,(H,25,30)(H,26,27);2-8,10H,9,11-12H2,1H3,(H,25,30)(H,26,27);2-8,10H,9,11-12H2,1H3,(H,25,30)(H,26,27);4*1H4. The van der Waals surface area contributed by atoms with Gasteiger partial charge in [-0.05, 0) is 66.9 Å². The van der Waals surface area contributed by atoms with Crippen LogP contribution in [0.3, 0.4) is 0 Å². The number of pyridine rings is 7. The molecule has 0 saturated heterocycles. The van der Waals surface area contributed by atoms with Crippen molar-refractivity contribution < 1.29 is 91.0 Å². The Morgan fingerprint density at radius 1 is 0.384 bits per heavy atom. The van der Waals surface area contributed by atoms with E-state index in [1.165, 1.54) is 148 Å². The largest absolute Gasteiger partial charge is 0.618 e. The van der Waals surface area contributed by atoms with E-state index < -0.39 is 175 Å². The fourth-order valence-corrected chi connectivity index (χ4v) is 13.7. The highest BCUT2D eigenvalue weighted by Crippen LogP contribution is 2.31. The van der Waals surface area contributed by atoms with Crippen molar-refractivity contribution in [1.29, 1.82) is 0 Å². The number of alkyl halides is 8. The van der Waals surface area contributed by atoms with Gasteiger partial charge in [-0.25, -0.2) is 24.8 Å². The lowest BCUT2D eigenvalue weighted by atomic mass is 10.1. The molecule has 54 heteroatoms. The number of nitrogens with one attached hydrogen (secondary N) is 8. The van der Waals surface area contributed by atoms with Gasteiger partial charge in [0.15, 0.2) is 53.9 Å². The second-order valence-electron chi connectivity index (χ2n) is 27.0. The number of carbonyl (C=O) groups is 4. The normalized spacial score (nSPS) is 11.0. The first-order valence-corrected chi connectivity index (χ1v) is 42.6. The van der Waals surface area contributed by atoms with Crippen molar-refractivity contribution in [3.8, 4) is 0 Å². The van der Waals surface area contributed by atoms with Gasteiger partial charge in [-0.2, -0.15) is 62.8 Å². The minimum absolute atomic E-state index is 0. The van der Waals surface area contributed by atoms with Gasteiger partial charge < -0.3 is 67.5 Å². The van der Waals surface area contributed by atoms with Crippen molar-refractivity contribution in [3.05, 3.63) is 336 Å². The molecule has 12 rings (SSSR count). The number of hydrogen-bond acceptors (Lipinski definition) is 29. The minimum Gasteiger partial charge on any atom is -0.618 e. The molecule has 4 amide bonds. The molecule has 38 nitrogen and oxygen atoms in total. The molecular weight excluding hydrogens is 1980 g/mol. The molecule has 8 N–H and O–H groups in total. The summed E-state index contributed by atoms with van der Waals surface area (Å²) in [5.74, 6) is -18.6. The summed E-state index contributed by atoms with van der Waals surface area (Å²) in [6.45, 7) is -6.76. The van der Waals surface area contributed by atoms with E-state index in [-0.39, 0.29) is 97.3 Å². The lowest BCUT2D eigenvalue weighted by Crippen LogP contribution is -2.39. The van der Waals surface area contributed by atoms with Gasteiger partial charge in [-0.15, -0.1) is 11.8 Å². The Balaban J connectivity index is 0.000000322. The number of aromatic nitrogens is 15. The monoisotopic (exact) mass is 2070 g/mol. The molecule has 0 atom stereocenters. The van der Waals surface area contributed by atoms with Crippen LogP contribution in [0.1, 0.15) is 75.1 Å². The molecule has 0 radical (unpaired) electrons. The van der Waals surface area contributed by atoms with Gasteiger partial charge in [0.1, 0.15) is 99.8 Å². The minimum atomic E-state index is -3.39. The molecule has 138 heavy (non-hydrogen) atoms. The summed E-state index contributed by atoms with van der Waals surface area (Å²) < 4.78 is 144. The highest BCUT2D eigenvalue weighted by atomic mass is 35.5. The lowest BCUT2D eigenvalue weighted by Gasteiger charge is -2.18. The molecule has 0 saturated carbocycles. The molecule has 740 valence electrons. The Kier molecular flexibility index (Phi) is 45.4. The van der Waals surface area contributed by atoms with Crippen LogP contribution in [0, 0.1) is 26.6 Å². The van der Waals surface area contributed by atoms with Gasteiger partial charge in [0.2, 0.25) is 46.4 Å². The third kappa shape index (κ3) is 32.6. The summed E-state index contributed by atoms with van der Waals surface area (Å²) in [7, 11) is 2.73. The third-order valence-corrected chi connectivity index (χ3v) is 21.4. The summed E-state index contributed by atoms with van der Waals surface area (Å²) in [6.07, 6.45) is 14.6. The van der Waals surface area contributed by atoms with E-state index in [0.29, 0.717) is 34.6 Å². The number of anilines is 4. The Morgan fingerprint density at radius 3 is 0.964 bits per heavy atom. The fraction of sp³-hybridized carbons (Fsp3) is 0.274. The lowest BCUT2D eigenvalue weighted by molar-refractivity contribution is -0.616. The van der Waals surface area contributed by atoms with E-state index in [2.05, 4.69) is 82.3 Å². The molecule has 0 aliphatic carbocycles. The molecule has 1 aromatic carbocycles. The zero-order valence-electron chi connectivity index (χ0n) is 69.5. The van der Waals surface area contributed by atoms with Crippen LogP contribution in [0.2, 0.25) is 20.6 Å². The van der Waals surface area contributed by atoms with Crippen molar-refractivity contribution in [1.82, 2.24) is 74.4 Å². The van der Waals surface area contributed by atoms with Crippen LogP contribution in [0.4, 0.5) is 62.8 Å². The van der Waals surface area contributed by atoms with E-state index in [1.807, 2.05) is 0 Å². The number of halogens is 13. The van der Waals surface area contributed by atoms with Gasteiger partial charge in [-0.3, -0.25) is 71.6 Å². The van der Waals surface area contributed by atoms with Gasteiger partial charge in [0, 0.05) is 60.5 Å². The molecule has 0 unspecified atom stereocenters. The predicted molar refractivity (Wildman–Crippen MR) is 497 cm³/mol. The maximum atomic E-state index is 14.4. The molecular formula is C84H90Cl4F9N23O15S3. The quantitative estimate of drug-likeness (QED) is 0.00339. The SMILES string of the molecule is C.C.C.C.COOSc1ccc[n+]([O-])c1CNC(=O)Cn1c(Cl)cnc(NCC(F)(F)c2ccccn2)c1=O.COSc1ccc[n+]([O-])c1CNC(=O)Cn1c(Cl)cnc(NCC(F)(F)c2ccccn2)c1=O.CSc1ccc[n+]([O-])c1CNC(=O)Cn1c(Cl)cnc(NCC(F)(F)c2ccccn2)c1=O.O=C(Cn1c(Cl)cnc(NCC(F)(F)c2ccccc2)c1=O)NCc1c(F)ccc[n+]1[O-]. The van der Waals surface area contributed by atoms with Crippen LogP contribution in [0.15, 0.2) is 235 Å². The summed E-state index contributed by atoms with van der Waals surface area (Å²) in [5, 5.41) is 66.0. The van der Waals surface area contributed by atoms with Crippen LogP contribution < -0.4 is 83.7 Å². The van der Waals surface area contributed by atoms with Gasteiger partial charge >= 0.3 is 17.8 Å². The maximum Gasteiger partial charge on any atom is 0.306 e. The summed E-state index contributed by atoms with van der Waals surface area (Å²) in [4.78, 5) is 132. The maximum absolute atomic E-state index is 14.4. The van der Waals surface area contributed by atoms with Crippen molar-refractivity contribution in [2.24, 2.45) is 0 Å². The van der Waals surface area contributed by atoms with Crippen LogP contribution in [0.25, 0.3) is 0 Å². The van der Waals surface area contributed by atoms with E-state index in [0.717, 1.165) is 91.5 Å². The third-order valence-electron chi connectivity index (χ3n) is 17.9. The Labute approximate surface area is 813 Å². The second-order valence-corrected chi connectivity index (χ2v) is 31.0. The van der Waals surface area contributed by atoms with E-state index in [1.54, 1.807) is 36.6 Å². The Hall–Kier alpha value is -13.5. The summed E-state index contributed by atoms with van der Waals surface area (Å²) >= 11 is 27.0. The van der Waals surface area contributed by atoms with Crippen LogP contribution in [0.5, 0.6) is 0 Å². The number of rotatable bonds is 38. The number of amides is 4. The van der Waals surface area contributed by atoms with Crippen LogP contribution in [-0.4, -0.2) is 123 Å². The molecule has 11 aromatic heterocycles. The van der Waals surface area contributed by atoms with E-state index >= 15 is 0 Å². The molecule has 0 aliphatic rings. The van der Waals surface area contributed by atoms with Gasteiger partial charge in [0.25, 0.3) is 28.2 Å². The highest BCUT2D eigenvalue weighted by molar-refractivity contribution is 7.98. The number of nitrogens with zero attached hydrogens (tertiary/aromatic N) is 15. The Morgan fingerprint density at radius 2 is 0.667 bits per heavy atom. The first-order valence-electron chi connectivity index (χ1n) is 38.3. The van der Waals surface area contributed by atoms with Crippen molar-refractivity contribution in [3.63, 3.8) is 0 Å². The highest BCUT2D eigenvalue weighted by Gasteiger charge is 2.37. The average Bonchev–Trinajstić information content (AvgIpc) is 0.851. The number of thioether (sulfide) groups is 1. The topological polar surface area (TPSA) is 478 Å². The van der Waals surface area contributed by atoms with Crippen LogP contribution >= 0.6 is 82.3 Å². The zero-order valence-corrected chi connectivity index (χ0v) is 75.0. The smallest absolute Gasteiger partial charge is 0.306 e. The van der Waals surface area contributed by atoms with Crippen LogP contribution in [-0.2, 0) is 109 Å². The fourth-order valence-electron chi connectivity index (χ4n) is 11.2. The molecule has 0 fully saturated rings. The number of benzene rings is 1. The number of carbonyl (C=O) groups excluding carboxylic acids is 4. The Bertz CT molecular complexity index is 6310. The van der Waals surface area contributed by atoms with Crippen molar-refractivity contribution >= 4 is 129 Å². The second kappa shape index (κ2) is 54.5. The summed E-state index contributed by atoms with van der Waals surface area (Å²) in [6, 6.07) is 31.1. The number of hydrogen-bond donors (Lipinski definition) is 8. The van der Waals surface area contributed by atoms with Gasteiger partial charge in [0.05, 0.1) is 82.1 Å². The zero-order chi connectivity index (χ0) is 97.5.